The van der Waals surface area contributed by atoms with Gasteiger partial charge in [0.1, 0.15) is 6.61 Å². The van der Waals surface area contributed by atoms with Crippen LogP contribution in [0.1, 0.15) is 51.7 Å². The summed E-state index contributed by atoms with van der Waals surface area (Å²) in [6.45, 7) is 5.92. The Morgan fingerprint density at radius 2 is 1.67 bits per heavy atom. The van der Waals surface area contributed by atoms with E-state index < -0.39 is 41.1 Å². The van der Waals surface area contributed by atoms with Crippen LogP contribution in [-0.4, -0.2) is 71.3 Å². The first-order chi connectivity index (χ1) is 20.2. The second-order valence-corrected chi connectivity index (χ2v) is 12.1. The fraction of sp³-hybridized carbons (Fsp3) is 0.484. The predicted octanol–water partition coefficient (Wildman–Crippen LogP) is 3.41. The summed E-state index contributed by atoms with van der Waals surface area (Å²) in [7, 11) is 0. The highest BCUT2D eigenvalue weighted by Crippen LogP contribution is 2.35. The average Bonchev–Trinajstić information content (AvgIpc) is 2.98. The van der Waals surface area contributed by atoms with Crippen LogP contribution in [0.2, 0.25) is 5.02 Å². The van der Waals surface area contributed by atoms with Gasteiger partial charge in [-0.3, -0.25) is 19.7 Å². The summed E-state index contributed by atoms with van der Waals surface area (Å²) < 4.78 is 11.3. The minimum absolute atomic E-state index is 0.0182. The van der Waals surface area contributed by atoms with Crippen molar-refractivity contribution in [2.45, 2.75) is 64.7 Å². The number of hydrogen-bond acceptors (Lipinski definition) is 7. The summed E-state index contributed by atoms with van der Waals surface area (Å²) in [5, 5.41) is 16.1. The molecule has 1 saturated heterocycles. The lowest BCUT2D eigenvalue weighted by Crippen LogP contribution is -2.64. The lowest BCUT2D eigenvalue weighted by molar-refractivity contribution is -0.192. The van der Waals surface area contributed by atoms with Crippen LogP contribution in [0.4, 0.5) is 10.5 Å². The van der Waals surface area contributed by atoms with Gasteiger partial charge in [0, 0.05) is 30.3 Å². The molecule has 1 aliphatic heterocycles. The normalized spacial score (nSPS) is 16.1. The van der Waals surface area contributed by atoms with Gasteiger partial charge in [-0.05, 0) is 69.4 Å². The molecule has 0 spiro atoms. The third-order valence-electron chi connectivity index (χ3n) is 7.42. The maximum atomic E-state index is 13.7. The molecule has 43 heavy (non-hydrogen) atoms. The molecule has 4 amide bonds. The van der Waals surface area contributed by atoms with Gasteiger partial charge >= 0.3 is 6.09 Å². The number of anilines is 1. The number of primary amides is 1. The minimum atomic E-state index is -2.28. The van der Waals surface area contributed by atoms with Crippen LogP contribution in [0.15, 0.2) is 48.5 Å². The number of likely N-dealkylation sites (tertiary alicyclic amines) is 1. The summed E-state index contributed by atoms with van der Waals surface area (Å²) in [5.41, 5.74) is 3.48. The second-order valence-electron chi connectivity index (χ2n) is 11.7. The molecule has 1 unspecified atom stereocenters. The number of nitrogens with zero attached hydrogens (tertiary/aromatic N) is 1. The molecule has 0 bridgehead atoms. The number of nitrogens with one attached hydrogen (secondary N) is 2. The molecule has 12 heteroatoms. The number of aliphatic hydroxyl groups is 1. The van der Waals surface area contributed by atoms with Crippen molar-refractivity contribution in [2.75, 3.05) is 31.6 Å². The monoisotopic (exact) mass is 616 g/mol. The van der Waals surface area contributed by atoms with Crippen molar-refractivity contribution in [1.29, 1.82) is 0 Å². The van der Waals surface area contributed by atoms with E-state index in [0.717, 1.165) is 12.0 Å². The van der Waals surface area contributed by atoms with Gasteiger partial charge < -0.3 is 30.5 Å². The molecular formula is C31H41ClN4O7. The Hall–Kier alpha value is -3.67. The number of nitrogens with two attached hydrogens (primary N) is 1. The highest BCUT2D eigenvalue weighted by atomic mass is 35.5. The fourth-order valence-corrected chi connectivity index (χ4v) is 5.12. The quantitative estimate of drug-likeness (QED) is 0.281. The summed E-state index contributed by atoms with van der Waals surface area (Å²) in [6, 6.07) is 14.4. The third kappa shape index (κ3) is 8.46. The Balaban J connectivity index is 1.77. The van der Waals surface area contributed by atoms with Crippen molar-refractivity contribution in [3.05, 3.63) is 64.7 Å². The molecule has 1 atom stereocenters. The predicted molar refractivity (Wildman–Crippen MR) is 162 cm³/mol. The van der Waals surface area contributed by atoms with E-state index in [0.29, 0.717) is 16.3 Å². The molecule has 1 heterocycles. The molecule has 0 radical (unpaired) electrons. The van der Waals surface area contributed by atoms with Gasteiger partial charge in [-0.15, -0.1) is 0 Å². The molecular weight excluding hydrogens is 576 g/mol. The number of benzene rings is 2. The van der Waals surface area contributed by atoms with Crippen molar-refractivity contribution in [1.82, 2.24) is 10.2 Å². The maximum Gasteiger partial charge on any atom is 0.411 e. The number of ether oxygens (including phenoxy) is 2. The molecule has 234 valence electrons. The molecule has 0 saturated carbocycles. The molecule has 0 aromatic heterocycles. The summed E-state index contributed by atoms with van der Waals surface area (Å²) in [4.78, 5) is 53.7. The molecule has 3 rings (SSSR count). The molecule has 11 nitrogen and oxygen atoms in total. The van der Waals surface area contributed by atoms with Crippen LogP contribution in [-0.2, 0) is 36.8 Å². The number of aryl methyl sites for hydroxylation is 1. The maximum absolute atomic E-state index is 13.7. The molecule has 1 aliphatic rings. The zero-order valence-corrected chi connectivity index (χ0v) is 25.8. The number of rotatable bonds is 11. The van der Waals surface area contributed by atoms with E-state index >= 15 is 0 Å². The lowest BCUT2D eigenvalue weighted by atomic mass is 9.77. The largest absolute Gasteiger partial charge is 0.448 e. The van der Waals surface area contributed by atoms with Gasteiger partial charge in [-0.1, -0.05) is 48.9 Å². The van der Waals surface area contributed by atoms with E-state index in [9.17, 15) is 24.3 Å². The van der Waals surface area contributed by atoms with Gasteiger partial charge in [0.25, 0.3) is 11.8 Å². The molecule has 1 fully saturated rings. The minimum Gasteiger partial charge on any atom is -0.448 e. The fourth-order valence-electron chi connectivity index (χ4n) is 4.92. The number of amides is 4. The van der Waals surface area contributed by atoms with Crippen molar-refractivity contribution in [2.24, 2.45) is 11.1 Å². The first kappa shape index (κ1) is 33.8. The van der Waals surface area contributed by atoms with Gasteiger partial charge in [0.2, 0.25) is 11.5 Å². The molecule has 5 N–H and O–H groups in total. The van der Waals surface area contributed by atoms with Crippen molar-refractivity contribution < 1.29 is 33.8 Å². The van der Waals surface area contributed by atoms with Crippen molar-refractivity contribution >= 4 is 41.1 Å². The highest BCUT2D eigenvalue weighted by molar-refractivity contribution is 6.31. The Bertz CT molecular complexity index is 1300. The van der Waals surface area contributed by atoms with Gasteiger partial charge in [0.15, 0.2) is 0 Å². The highest BCUT2D eigenvalue weighted by Gasteiger charge is 2.52. The van der Waals surface area contributed by atoms with E-state index in [1.165, 1.54) is 4.90 Å². The van der Waals surface area contributed by atoms with Gasteiger partial charge in [-0.25, -0.2) is 4.79 Å². The number of carbonyl (C=O) groups excluding carboxylic acids is 4. The van der Waals surface area contributed by atoms with Crippen LogP contribution in [0.3, 0.4) is 0 Å². The zero-order valence-electron chi connectivity index (χ0n) is 25.1. The molecule has 2 aromatic carbocycles. The van der Waals surface area contributed by atoms with Crippen molar-refractivity contribution in [3.8, 4) is 0 Å². The van der Waals surface area contributed by atoms with Gasteiger partial charge in [0.05, 0.1) is 17.6 Å². The standard InChI is InChI=1S/C31H41ClN4O7/c1-5-21-10-12-23(13-11-21)35-28(41)42-20-30(26(39)34-18-22-8-6-7-9-24(22)32)14-16-36(17-15-30)27(40)31(19-37,25(33)38)43-29(2,3)4/h6-13,37H,5,14-20H2,1-4H3,(H2,33,38)(H,34,39)(H,35,41). The van der Waals surface area contributed by atoms with E-state index in [2.05, 4.69) is 10.6 Å². The number of hydrogen-bond donors (Lipinski definition) is 4. The van der Waals surface area contributed by atoms with Crippen LogP contribution >= 0.6 is 11.6 Å². The van der Waals surface area contributed by atoms with Crippen molar-refractivity contribution in [3.63, 3.8) is 0 Å². The first-order valence-corrected chi connectivity index (χ1v) is 14.6. The molecule has 2 aromatic rings. The first-order valence-electron chi connectivity index (χ1n) is 14.2. The van der Waals surface area contributed by atoms with Crippen LogP contribution in [0.5, 0.6) is 0 Å². The number of aliphatic hydroxyl groups excluding tert-OH is 1. The topological polar surface area (TPSA) is 160 Å². The van der Waals surface area contributed by atoms with Gasteiger partial charge in [-0.2, -0.15) is 0 Å². The van der Waals surface area contributed by atoms with E-state index in [4.69, 9.17) is 26.8 Å². The Morgan fingerprint density at radius 3 is 2.21 bits per heavy atom. The van der Waals surface area contributed by atoms with E-state index in [1.54, 1.807) is 57.2 Å². The number of piperidine rings is 1. The smallest absolute Gasteiger partial charge is 0.411 e. The Morgan fingerprint density at radius 1 is 1.05 bits per heavy atom. The number of carbonyl (C=O) groups is 4. The SMILES string of the molecule is CCc1ccc(NC(=O)OCC2(C(=O)NCc3ccccc3Cl)CCN(C(=O)C(CO)(OC(C)(C)C)C(N)=O)CC2)cc1. The third-order valence-corrected chi connectivity index (χ3v) is 7.79. The lowest BCUT2D eigenvalue weighted by Gasteiger charge is -2.43. The van der Waals surface area contributed by atoms with E-state index in [1.807, 2.05) is 19.1 Å². The Kier molecular flexibility index (Phi) is 11.2. The summed E-state index contributed by atoms with van der Waals surface area (Å²) in [5.74, 6) is -2.29. The van der Waals surface area contributed by atoms with Crippen LogP contribution < -0.4 is 16.4 Å². The Labute approximate surface area is 257 Å². The average molecular weight is 617 g/mol. The zero-order chi connectivity index (χ0) is 31.8. The summed E-state index contributed by atoms with van der Waals surface area (Å²) >= 11 is 6.27. The second kappa shape index (κ2) is 14.2. The summed E-state index contributed by atoms with van der Waals surface area (Å²) in [6.07, 6.45) is 0.327. The van der Waals surface area contributed by atoms with Crippen LogP contribution in [0, 0.1) is 5.41 Å². The number of halogens is 1. The van der Waals surface area contributed by atoms with Crippen LogP contribution in [0.25, 0.3) is 0 Å². The van der Waals surface area contributed by atoms with E-state index in [-0.39, 0.29) is 45.0 Å². The molecule has 0 aliphatic carbocycles.